The first-order valence-electron chi connectivity index (χ1n) is 4.12. The number of hydrogen-bond donors (Lipinski definition) is 0. The van der Waals surface area contributed by atoms with Crippen molar-refractivity contribution in [3.63, 3.8) is 0 Å². The second kappa shape index (κ2) is 5.27. The van der Waals surface area contributed by atoms with Crippen LogP contribution < -0.4 is 4.74 Å². The molecule has 0 unspecified atom stereocenters. The summed E-state index contributed by atoms with van der Waals surface area (Å²) in [6.45, 7) is 0. The van der Waals surface area contributed by atoms with Crippen molar-refractivity contribution in [2.75, 3.05) is 12.4 Å². The molecule has 1 rings (SSSR count). The molecule has 1 aromatic rings. The van der Waals surface area contributed by atoms with E-state index in [0.29, 0.717) is 0 Å². The zero-order valence-corrected chi connectivity index (χ0v) is 10.5. The van der Waals surface area contributed by atoms with E-state index < -0.39 is 4.92 Å². The normalized spacial score (nSPS) is 9.94. The van der Waals surface area contributed by atoms with Crippen LogP contribution in [0.4, 0.5) is 5.69 Å². The van der Waals surface area contributed by atoms with Crippen LogP contribution in [0.2, 0.25) is 5.02 Å². The highest BCUT2D eigenvalue weighted by Crippen LogP contribution is 2.34. The number of Topliss-reactive ketones (excluding diaryl/α,β-unsaturated/α-hetero) is 1. The van der Waals surface area contributed by atoms with Crippen LogP contribution in [-0.2, 0) is 0 Å². The fourth-order valence-corrected chi connectivity index (χ4v) is 1.72. The summed E-state index contributed by atoms with van der Waals surface area (Å²) >= 11 is 8.68. The van der Waals surface area contributed by atoms with Gasteiger partial charge in [-0.3, -0.25) is 14.9 Å². The van der Waals surface area contributed by atoms with E-state index in [1.165, 1.54) is 13.2 Å². The smallest absolute Gasteiger partial charge is 0.313 e. The Morgan fingerprint density at radius 3 is 2.69 bits per heavy atom. The number of rotatable bonds is 4. The molecule has 0 fully saturated rings. The molecule has 0 aliphatic carbocycles. The van der Waals surface area contributed by atoms with Gasteiger partial charge in [0.25, 0.3) is 0 Å². The van der Waals surface area contributed by atoms with Crippen LogP contribution in [0.1, 0.15) is 10.4 Å². The zero-order valence-electron chi connectivity index (χ0n) is 8.20. The Labute approximate surface area is 105 Å². The average Bonchev–Trinajstić information content (AvgIpc) is 2.26. The van der Waals surface area contributed by atoms with E-state index in [0.717, 1.165) is 6.07 Å². The summed E-state index contributed by atoms with van der Waals surface area (Å²) in [5.41, 5.74) is -0.224. The SMILES string of the molecule is COc1c(C(=O)CBr)cc(Cl)cc1[N+](=O)[O-]. The number of hydrogen-bond acceptors (Lipinski definition) is 4. The highest BCUT2D eigenvalue weighted by Gasteiger charge is 2.23. The van der Waals surface area contributed by atoms with Gasteiger partial charge in [0, 0.05) is 11.1 Å². The number of methoxy groups -OCH3 is 1. The molecule has 0 heterocycles. The third kappa shape index (κ3) is 2.51. The summed E-state index contributed by atoms with van der Waals surface area (Å²) in [6, 6.07) is 2.49. The first-order chi connectivity index (χ1) is 7.51. The Hall–Kier alpha value is -1.14. The molecule has 0 saturated carbocycles. The minimum Gasteiger partial charge on any atom is -0.490 e. The fraction of sp³-hybridized carbons (Fsp3) is 0.222. The summed E-state index contributed by atoms with van der Waals surface area (Å²) in [5.74, 6) is -0.402. The van der Waals surface area contributed by atoms with Gasteiger partial charge in [0.15, 0.2) is 5.78 Å². The molecule has 0 amide bonds. The van der Waals surface area contributed by atoms with Gasteiger partial charge in [-0.25, -0.2) is 0 Å². The maximum absolute atomic E-state index is 11.5. The fourth-order valence-electron chi connectivity index (χ4n) is 1.21. The number of nitrogens with zero attached hydrogens (tertiary/aromatic N) is 1. The van der Waals surface area contributed by atoms with Crippen molar-refractivity contribution in [1.82, 2.24) is 0 Å². The molecular weight excluding hydrogens is 301 g/mol. The highest BCUT2D eigenvalue weighted by molar-refractivity contribution is 9.09. The molecule has 0 radical (unpaired) electrons. The summed E-state index contributed by atoms with van der Waals surface area (Å²) in [6.07, 6.45) is 0. The minimum absolute atomic E-state index is 0.0425. The van der Waals surface area contributed by atoms with Gasteiger partial charge in [-0.2, -0.15) is 0 Å². The van der Waals surface area contributed by atoms with Crippen LogP contribution in [0.3, 0.4) is 0 Å². The summed E-state index contributed by atoms with van der Waals surface area (Å²) in [5, 5.41) is 10.9. The number of alkyl halides is 1. The lowest BCUT2D eigenvalue weighted by Gasteiger charge is -2.07. The van der Waals surface area contributed by atoms with Crippen LogP contribution in [0.5, 0.6) is 5.75 Å². The maximum Gasteiger partial charge on any atom is 0.313 e. The van der Waals surface area contributed by atoms with Crippen LogP contribution >= 0.6 is 27.5 Å². The molecular formula is C9H7BrClNO4. The minimum atomic E-state index is -0.643. The van der Waals surface area contributed by atoms with Crippen LogP contribution in [0.15, 0.2) is 12.1 Å². The summed E-state index contributed by atoms with van der Waals surface area (Å²) in [7, 11) is 1.27. The largest absolute Gasteiger partial charge is 0.490 e. The molecule has 86 valence electrons. The summed E-state index contributed by atoms with van der Waals surface area (Å²) in [4.78, 5) is 21.6. The van der Waals surface area contributed by atoms with Gasteiger partial charge >= 0.3 is 5.69 Å². The van der Waals surface area contributed by atoms with Crippen LogP contribution in [0.25, 0.3) is 0 Å². The van der Waals surface area contributed by atoms with E-state index in [1.54, 1.807) is 0 Å². The van der Waals surface area contributed by atoms with E-state index in [4.69, 9.17) is 16.3 Å². The Balaban J connectivity index is 3.48. The van der Waals surface area contributed by atoms with Gasteiger partial charge in [0.2, 0.25) is 5.75 Å². The molecule has 16 heavy (non-hydrogen) atoms. The van der Waals surface area contributed by atoms with E-state index >= 15 is 0 Å². The number of halogens is 2. The van der Waals surface area contributed by atoms with Crippen molar-refractivity contribution in [3.05, 3.63) is 32.8 Å². The molecule has 1 aromatic carbocycles. The van der Waals surface area contributed by atoms with E-state index in [-0.39, 0.29) is 33.1 Å². The second-order valence-corrected chi connectivity index (χ2v) is 3.82. The molecule has 0 aromatic heterocycles. The van der Waals surface area contributed by atoms with E-state index in [9.17, 15) is 14.9 Å². The average molecular weight is 309 g/mol. The van der Waals surface area contributed by atoms with Crippen molar-refractivity contribution >= 4 is 39.0 Å². The van der Waals surface area contributed by atoms with Crippen LogP contribution in [-0.4, -0.2) is 23.1 Å². The van der Waals surface area contributed by atoms with Crippen molar-refractivity contribution in [2.45, 2.75) is 0 Å². The molecule has 0 aliphatic rings. The highest BCUT2D eigenvalue weighted by atomic mass is 79.9. The van der Waals surface area contributed by atoms with Crippen molar-refractivity contribution in [3.8, 4) is 5.75 Å². The quantitative estimate of drug-likeness (QED) is 0.371. The van der Waals surface area contributed by atoms with Gasteiger partial charge in [-0.05, 0) is 6.07 Å². The van der Waals surface area contributed by atoms with Gasteiger partial charge in [0.1, 0.15) is 0 Å². The lowest BCUT2D eigenvalue weighted by Crippen LogP contribution is -2.05. The molecule has 0 saturated heterocycles. The topological polar surface area (TPSA) is 69.4 Å². The lowest BCUT2D eigenvalue weighted by atomic mass is 10.1. The number of benzene rings is 1. The number of nitro groups is 1. The molecule has 7 heteroatoms. The van der Waals surface area contributed by atoms with E-state index in [2.05, 4.69) is 15.9 Å². The number of ether oxygens (including phenoxy) is 1. The number of carbonyl (C=O) groups is 1. The third-order valence-corrected chi connectivity index (χ3v) is 2.58. The molecule has 0 atom stereocenters. The first kappa shape index (κ1) is 12.9. The first-order valence-corrected chi connectivity index (χ1v) is 5.62. The Bertz CT molecular complexity index is 449. The van der Waals surface area contributed by atoms with Crippen molar-refractivity contribution in [2.24, 2.45) is 0 Å². The van der Waals surface area contributed by atoms with Gasteiger partial charge in [-0.15, -0.1) is 0 Å². The molecule has 0 N–H and O–H groups in total. The number of ketones is 1. The van der Waals surface area contributed by atoms with Crippen molar-refractivity contribution in [1.29, 1.82) is 0 Å². The maximum atomic E-state index is 11.5. The monoisotopic (exact) mass is 307 g/mol. The predicted molar refractivity (Wildman–Crippen MR) is 62.8 cm³/mol. The van der Waals surface area contributed by atoms with Crippen molar-refractivity contribution < 1.29 is 14.5 Å². The molecule has 0 spiro atoms. The third-order valence-electron chi connectivity index (χ3n) is 1.86. The zero-order chi connectivity index (χ0) is 12.3. The standard InChI is InChI=1S/C9H7BrClNO4/c1-16-9-6(8(13)4-10)2-5(11)3-7(9)12(14)15/h2-3H,4H2,1H3. The summed E-state index contributed by atoms with van der Waals surface area (Å²) < 4.78 is 4.87. The van der Waals surface area contributed by atoms with Gasteiger partial charge in [-0.1, -0.05) is 27.5 Å². The van der Waals surface area contributed by atoms with Crippen LogP contribution in [0, 0.1) is 10.1 Å². The Morgan fingerprint density at radius 2 is 2.25 bits per heavy atom. The lowest BCUT2D eigenvalue weighted by molar-refractivity contribution is -0.385. The molecule has 5 nitrogen and oxygen atoms in total. The predicted octanol–water partition coefficient (Wildman–Crippen LogP) is 2.83. The number of carbonyl (C=O) groups excluding carboxylic acids is 1. The van der Waals surface area contributed by atoms with Gasteiger partial charge in [0.05, 0.1) is 22.9 Å². The molecule has 0 aliphatic heterocycles. The number of nitro benzene ring substituents is 1. The Morgan fingerprint density at radius 1 is 1.62 bits per heavy atom. The van der Waals surface area contributed by atoms with Gasteiger partial charge < -0.3 is 4.74 Å². The van der Waals surface area contributed by atoms with E-state index in [1.807, 2.05) is 0 Å². The second-order valence-electron chi connectivity index (χ2n) is 2.82. The molecule has 0 bridgehead atoms. The Kier molecular flexibility index (Phi) is 4.26.